The number of fused-ring (bicyclic) bond motifs is 5. The van der Waals surface area contributed by atoms with Gasteiger partial charge in [-0.25, -0.2) is 0 Å². The molecule has 0 spiro atoms. The van der Waals surface area contributed by atoms with E-state index in [0.29, 0.717) is 36.1 Å². The molecule has 2 unspecified atom stereocenters. The number of rotatable bonds is 4. The molecule has 7 atom stereocenters. The highest BCUT2D eigenvalue weighted by atomic mass is 16.5. The highest BCUT2D eigenvalue weighted by Gasteiger charge is 2.62. The van der Waals surface area contributed by atoms with Gasteiger partial charge >= 0.3 is 5.97 Å². The second-order valence-electron chi connectivity index (χ2n) is 10.1. The van der Waals surface area contributed by atoms with E-state index in [9.17, 15) is 15.1 Å². The van der Waals surface area contributed by atoms with Gasteiger partial charge < -0.3 is 20.5 Å². The first-order chi connectivity index (χ1) is 14.2. The fraction of sp³-hybridized carbons (Fsp3) is 0.708. The second-order valence-corrected chi connectivity index (χ2v) is 10.1. The summed E-state index contributed by atoms with van der Waals surface area (Å²) in [7, 11) is 0. The number of nitrogens with one attached hydrogen (secondary N) is 1. The molecule has 0 bridgehead atoms. The van der Waals surface area contributed by atoms with Gasteiger partial charge in [0.25, 0.3) is 0 Å². The summed E-state index contributed by atoms with van der Waals surface area (Å²) in [5, 5.41) is 32.7. The number of carbonyl (C=O) groups excluding carboxylic acids is 1. The van der Waals surface area contributed by atoms with Crippen LogP contribution < -0.4 is 0 Å². The van der Waals surface area contributed by atoms with Crippen LogP contribution in [0.3, 0.4) is 0 Å². The number of carbonyl (C=O) groups is 1. The molecular weight excluding hydrogens is 380 g/mol. The fourth-order valence-electron chi connectivity index (χ4n) is 7.35. The van der Waals surface area contributed by atoms with Crippen LogP contribution in [0.4, 0.5) is 0 Å². The van der Waals surface area contributed by atoms with Gasteiger partial charge in [0.05, 0.1) is 17.5 Å². The van der Waals surface area contributed by atoms with Crippen molar-refractivity contribution in [3.63, 3.8) is 0 Å². The van der Waals surface area contributed by atoms with E-state index in [0.717, 1.165) is 25.7 Å². The molecule has 164 valence electrons. The molecule has 30 heavy (non-hydrogen) atoms. The summed E-state index contributed by atoms with van der Waals surface area (Å²) in [6, 6.07) is 0. The molecule has 3 saturated carbocycles. The van der Waals surface area contributed by atoms with Gasteiger partial charge in [-0.15, -0.1) is 0 Å². The molecule has 6 nitrogen and oxygen atoms in total. The smallest absolute Gasteiger partial charge is 0.305 e. The van der Waals surface area contributed by atoms with Crippen LogP contribution in [0.15, 0.2) is 29.0 Å². The monoisotopic (exact) mass is 414 g/mol. The number of hydrogen-bond donors (Lipinski definition) is 3. The second kappa shape index (κ2) is 7.63. The zero-order chi connectivity index (χ0) is 21.7. The van der Waals surface area contributed by atoms with Crippen molar-refractivity contribution < 1.29 is 19.8 Å². The van der Waals surface area contributed by atoms with Crippen molar-refractivity contribution in [3.8, 4) is 0 Å². The van der Waals surface area contributed by atoms with Crippen molar-refractivity contribution in [2.45, 2.75) is 65.4 Å². The lowest BCUT2D eigenvalue weighted by molar-refractivity contribution is -0.141. The number of aliphatic hydroxyl groups is 1. The molecule has 6 heteroatoms. The lowest BCUT2D eigenvalue weighted by atomic mass is 9.46. The lowest BCUT2D eigenvalue weighted by Crippen LogP contribution is -2.56. The van der Waals surface area contributed by atoms with Crippen LogP contribution in [0.1, 0.15) is 59.3 Å². The average Bonchev–Trinajstić information content (AvgIpc) is 3.05. The lowest BCUT2D eigenvalue weighted by Gasteiger charge is -2.58. The van der Waals surface area contributed by atoms with Crippen LogP contribution in [-0.4, -0.2) is 40.4 Å². The molecule has 3 N–H and O–H groups in total. The third-order valence-electron chi connectivity index (χ3n) is 8.72. The van der Waals surface area contributed by atoms with Gasteiger partial charge in [0.2, 0.25) is 0 Å². The zero-order valence-corrected chi connectivity index (χ0v) is 18.2. The molecule has 0 aromatic heterocycles. The molecule has 0 aromatic carbocycles. The Labute approximate surface area is 178 Å². The van der Waals surface area contributed by atoms with Gasteiger partial charge in [0.15, 0.2) is 0 Å². The minimum absolute atomic E-state index is 0.00702. The maximum absolute atomic E-state index is 11.6. The Morgan fingerprint density at radius 1 is 1.33 bits per heavy atom. The van der Waals surface area contributed by atoms with Gasteiger partial charge in [-0.3, -0.25) is 4.79 Å². The minimum Gasteiger partial charge on any atom is -0.459 e. The summed E-state index contributed by atoms with van der Waals surface area (Å²) in [4.78, 5) is 11.6. The SMILES string of the molecule is CCC(=O)OC/C(=N\O)[C@H]1CCC2[C@@H]3CCC4=CC(=N)C=C[C@]4(C)C3[C@@H](O)C[C@@]21C. The van der Waals surface area contributed by atoms with Crippen LogP contribution in [0.2, 0.25) is 0 Å². The number of aliphatic hydroxyl groups excluding tert-OH is 1. The van der Waals surface area contributed by atoms with Gasteiger partial charge in [0.1, 0.15) is 6.61 Å². The highest BCUT2D eigenvalue weighted by Crippen LogP contribution is 2.66. The highest BCUT2D eigenvalue weighted by molar-refractivity contribution is 6.03. The van der Waals surface area contributed by atoms with Crippen molar-refractivity contribution in [3.05, 3.63) is 23.8 Å². The first-order valence-corrected chi connectivity index (χ1v) is 11.3. The third-order valence-corrected chi connectivity index (χ3v) is 8.72. The van der Waals surface area contributed by atoms with Gasteiger partial charge in [-0.1, -0.05) is 37.6 Å². The molecule has 4 rings (SSSR count). The van der Waals surface area contributed by atoms with E-state index in [1.165, 1.54) is 5.57 Å². The Morgan fingerprint density at radius 3 is 2.80 bits per heavy atom. The molecule has 0 amide bonds. The molecule has 4 aliphatic carbocycles. The summed E-state index contributed by atoms with van der Waals surface area (Å²) in [5.74, 6) is 0.677. The molecule has 0 radical (unpaired) electrons. The molecule has 0 heterocycles. The summed E-state index contributed by atoms with van der Waals surface area (Å²) in [6.45, 7) is 6.22. The van der Waals surface area contributed by atoms with Gasteiger partial charge in [0, 0.05) is 23.7 Å². The van der Waals surface area contributed by atoms with Crippen molar-refractivity contribution in [1.82, 2.24) is 0 Å². The van der Waals surface area contributed by atoms with Gasteiger partial charge in [-0.2, -0.15) is 0 Å². The number of allylic oxidation sites excluding steroid dienone is 4. The number of esters is 1. The van der Waals surface area contributed by atoms with E-state index in [1.807, 2.05) is 12.2 Å². The average molecular weight is 415 g/mol. The Kier molecular flexibility index (Phi) is 5.41. The molecule has 4 aliphatic rings. The number of oxime groups is 1. The third kappa shape index (κ3) is 3.15. The Balaban J connectivity index is 1.61. The number of nitrogens with zero attached hydrogens (tertiary/aromatic N) is 1. The maximum Gasteiger partial charge on any atom is 0.305 e. The van der Waals surface area contributed by atoms with Crippen molar-refractivity contribution in [2.75, 3.05) is 6.61 Å². The normalized spacial score (nSPS) is 42.8. The zero-order valence-electron chi connectivity index (χ0n) is 18.2. The van der Waals surface area contributed by atoms with E-state index >= 15 is 0 Å². The van der Waals surface area contributed by atoms with E-state index in [1.54, 1.807) is 6.92 Å². The summed E-state index contributed by atoms with van der Waals surface area (Å²) < 4.78 is 5.28. The van der Waals surface area contributed by atoms with Crippen LogP contribution in [0.25, 0.3) is 0 Å². The van der Waals surface area contributed by atoms with E-state index < -0.39 is 6.10 Å². The van der Waals surface area contributed by atoms with Crippen molar-refractivity contribution >= 4 is 17.4 Å². The number of hydrogen-bond acceptors (Lipinski definition) is 6. The van der Waals surface area contributed by atoms with Gasteiger partial charge in [-0.05, 0) is 61.5 Å². The largest absolute Gasteiger partial charge is 0.459 e. The predicted octanol–water partition coefficient (Wildman–Crippen LogP) is 4.12. The fourth-order valence-corrected chi connectivity index (χ4v) is 7.35. The molecule has 0 saturated heterocycles. The molecular formula is C24H34N2O4. The molecule has 0 aromatic rings. The molecule has 0 aliphatic heterocycles. The molecule has 3 fully saturated rings. The van der Waals surface area contributed by atoms with E-state index in [-0.39, 0.29) is 35.2 Å². The van der Waals surface area contributed by atoms with Crippen LogP contribution in [0.5, 0.6) is 0 Å². The minimum atomic E-state index is -0.458. The first-order valence-electron chi connectivity index (χ1n) is 11.3. The van der Waals surface area contributed by atoms with E-state index in [4.69, 9.17) is 10.1 Å². The standard InChI is InChI=1S/C24H34N2O4/c1-4-21(28)30-13-19(26-29)18-8-7-17-16-6-5-14-11-15(25)9-10-23(14,2)22(16)20(27)12-24(17,18)3/h9-11,16-18,20,22,25,27,29H,4-8,12-13H2,1-3H3/b25-15?,26-19+/t16-,17?,18+,20-,22?,23-,24-/m0/s1. The van der Waals surface area contributed by atoms with Crippen LogP contribution >= 0.6 is 0 Å². The summed E-state index contributed by atoms with van der Waals surface area (Å²) in [5.41, 5.74) is 1.97. The maximum atomic E-state index is 11.6. The summed E-state index contributed by atoms with van der Waals surface area (Å²) >= 11 is 0. The Bertz CT molecular complexity index is 831. The quantitative estimate of drug-likeness (QED) is 0.279. The number of ether oxygens (including phenoxy) is 1. The van der Waals surface area contributed by atoms with E-state index in [2.05, 4.69) is 25.1 Å². The Morgan fingerprint density at radius 2 is 2.10 bits per heavy atom. The summed E-state index contributed by atoms with van der Waals surface area (Å²) in [6.07, 6.45) is 10.4. The predicted molar refractivity (Wildman–Crippen MR) is 115 cm³/mol. The van der Waals surface area contributed by atoms with Crippen molar-refractivity contribution in [1.29, 1.82) is 5.41 Å². The van der Waals surface area contributed by atoms with Crippen LogP contribution in [0, 0.1) is 39.9 Å². The first kappa shape index (κ1) is 21.3. The van der Waals surface area contributed by atoms with Crippen LogP contribution in [-0.2, 0) is 9.53 Å². The Hall–Kier alpha value is -1.95. The van der Waals surface area contributed by atoms with Crippen molar-refractivity contribution in [2.24, 2.45) is 39.7 Å². The topological polar surface area (TPSA) is 103 Å².